The Morgan fingerprint density at radius 2 is 1.82 bits per heavy atom. The van der Waals surface area contributed by atoms with Crippen LogP contribution in [0.15, 0.2) is 0 Å². The Balaban J connectivity index is 2.62. The zero-order valence-electron chi connectivity index (χ0n) is 11.5. The van der Waals surface area contributed by atoms with Crippen LogP contribution < -0.4 is 5.32 Å². The van der Waals surface area contributed by atoms with Crippen molar-refractivity contribution < 1.29 is 9.53 Å². The van der Waals surface area contributed by atoms with Gasteiger partial charge in [0.1, 0.15) is 6.04 Å². The lowest BCUT2D eigenvalue weighted by atomic mass is 9.91. The predicted molar refractivity (Wildman–Crippen MR) is 69.9 cm³/mol. The number of hydrogen-bond acceptors (Lipinski definition) is 3. The lowest BCUT2D eigenvalue weighted by Gasteiger charge is -2.27. The molecule has 0 saturated heterocycles. The summed E-state index contributed by atoms with van der Waals surface area (Å²) in [6.07, 6.45) is 7.44. The topological polar surface area (TPSA) is 38.3 Å². The highest BCUT2D eigenvalue weighted by molar-refractivity contribution is 5.76. The molecule has 0 aliphatic heterocycles. The van der Waals surface area contributed by atoms with E-state index in [2.05, 4.69) is 19.2 Å². The van der Waals surface area contributed by atoms with Gasteiger partial charge >= 0.3 is 5.97 Å². The van der Waals surface area contributed by atoms with E-state index in [9.17, 15) is 4.79 Å². The van der Waals surface area contributed by atoms with Crippen LogP contribution in [0.5, 0.6) is 0 Å². The van der Waals surface area contributed by atoms with E-state index in [1.807, 2.05) is 6.92 Å². The molecule has 1 fully saturated rings. The number of nitrogens with one attached hydrogen (secondary N) is 1. The van der Waals surface area contributed by atoms with Crippen LogP contribution >= 0.6 is 0 Å². The molecule has 0 bridgehead atoms. The summed E-state index contributed by atoms with van der Waals surface area (Å²) >= 11 is 0. The Morgan fingerprint density at radius 3 is 2.29 bits per heavy atom. The molecule has 1 N–H and O–H groups in total. The van der Waals surface area contributed by atoms with E-state index in [0.29, 0.717) is 18.6 Å². The van der Waals surface area contributed by atoms with E-state index in [1.165, 1.54) is 25.7 Å². The van der Waals surface area contributed by atoms with Gasteiger partial charge in [-0.2, -0.15) is 0 Å². The highest BCUT2D eigenvalue weighted by atomic mass is 16.5. The monoisotopic (exact) mass is 241 g/mol. The van der Waals surface area contributed by atoms with Gasteiger partial charge in [0.2, 0.25) is 0 Å². The molecule has 3 nitrogen and oxygen atoms in total. The third-order valence-electron chi connectivity index (χ3n) is 3.42. The van der Waals surface area contributed by atoms with Gasteiger partial charge < -0.3 is 10.1 Å². The molecule has 1 atom stereocenters. The van der Waals surface area contributed by atoms with Gasteiger partial charge in [0.25, 0.3) is 0 Å². The number of carbonyl (C=O) groups is 1. The van der Waals surface area contributed by atoms with E-state index >= 15 is 0 Å². The Morgan fingerprint density at radius 1 is 1.24 bits per heavy atom. The number of rotatable bonds is 5. The van der Waals surface area contributed by atoms with Crippen LogP contribution in [-0.4, -0.2) is 24.7 Å². The van der Waals surface area contributed by atoms with Crippen molar-refractivity contribution in [2.24, 2.45) is 5.92 Å². The lowest BCUT2D eigenvalue weighted by Crippen LogP contribution is -2.47. The lowest BCUT2D eigenvalue weighted by molar-refractivity contribution is -0.147. The third kappa shape index (κ3) is 5.07. The average molecular weight is 241 g/mol. The number of hydrogen-bond donors (Lipinski definition) is 1. The molecule has 0 heterocycles. The van der Waals surface area contributed by atoms with Crippen LogP contribution in [0.2, 0.25) is 0 Å². The fraction of sp³-hybridized carbons (Fsp3) is 0.929. The standard InChI is InChI=1S/C14H27NO2/c1-4-17-14(16)13(15-11(2)3)12-9-7-5-6-8-10-12/h11-13,15H,4-10H2,1-3H3. The molecule has 0 spiro atoms. The van der Waals surface area contributed by atoms with E-state index < -0.39 is 0 Å². The van der Waals surface area contributed by atoms with Gasteiger partial charge in [0, 0.05) is 6.04 Å². The molecule has 1 rings (SSSR count). The summed E-state index contributed by atoms with van der Waals surface area (Å²) in [5.74, 6) is 0.395. The molecule has 0 radical (unpaired) electrons. The molecular formula is C14H27NO2. The third-order valence-corrected chi connectivity index (χ3v) is 3.42. The molecule has 1 aliphatic carbocycles. The molecule has 1 unspecified atom stereocenters. The van der Waals surface area contributed by atoms with Crippen molar-refractivity contribution in [3.63, 3.8) is 0 Å². The predicted octanol–water partition coefficient (Wildman–Crippen LogP) is 2.89. The smallest absolute Gasteiger partial charge is 0.323 e. The summed E-state index contributed by atoms with van der Waals surface area (Å²) < 4.78 is 5.20. The first-order valence-corrected chi connectivity index (χ1v) is 7.07. The fourth-order valence-corrected chi connectivity index (χ4v) is 2.63. The Hall–Kier alpha value is -0.570. The summed E-state index contributed by atoms with van der Waals surface area (Å²) in [5.41, 5.74) is 0. The molecule has 3 heteroatoms. The highest BCUT2D eigenvalue weighted by Crippen LogP contribution is 2.26. The molecule has 0 aromatic heterocycles. The molecule has 0 amide bonds. The first-order valence-electron chi connectivity index (χ1n) is 7.07. The molecular weight excluding hydrogens is 214 g/mol. The fourth-order valence-electron chi connectivity index (χ4n) is 2.63. The second kappa shape index (κ2) is 7.70. The first-order chi connectivity index (χ1) is 8.15. The molecule has 100 valence electrons. The summed E-state index contributed by atoms with van der Waals surface area (Å²) in [4.78, 5) is 12.0. The van der Waals surface area contributed by atoms with E-state index in [0.717, 1.165) is 12.8 Å². The molecule has 0 aromatic carbocycles. The van der Waals surface area contributed by atoms with E-state index in [-0.39, 0.29) is 12.0 Å². The maximum Gasteiger partial charge on any atom is 0.323 e. The second-order valence-corrected chi connectivity index (χ2v) is 5.30. The maximum atomic E-state index is 12.0. The van der Waals surface area contributed by atoms with Crippen LogP contribution in [-0.2, 0) is 9.53 Å². The van der Waals surface area contributed by atoms with Crippen LogP contribution in [0.4, 0.5) is 0 Å². The highest BCUT2D eigenvalue weighted by Gasteiger charge is 2.30. The van der Waals surface area contributed by atoms with Crippen LogP contribution in [0, 0.1) is 5.92 Å². The zero-order chi connectivity index (χ0) is 12.7. The van der Waals surface area contributed by atoms with Gasteiger partial charge in [-0.25, -0.2) is 0 Å². The number of esters is 1. The average Bonchev–Trinajstić information content (AvgIpc) is 2.54. The number of ether oxygens (including phenoxy) is 1. The maximum absolute atomic E-state index is 12.0. The van der Waals surface area contributed by atoms with Crippen molar-refractivity contribution in [2.75, 3.05) is 6.61 Å². The van der Waals surface area contributed by atoms with E-state index in [4.69, 9.17) is 4.74 Å². The number of carbonyl (C=O) groups excluding carboxylic acids is 1. The van der Waals surface area contributed by atoms with Crippen molar-refractivity contribution >= 4 is 5.97 Å². The zero-order valence-corrected chi connectivity index (χ0v) is 11.5. The van der Waals surface area contributed by atoms with Gasteiger partial charge in [0.05, 0.1) is 6.61 Å². The van der Waals surface area contributed by atoms with Crippen LogP contribution in [0.3, 0.4) is 0 Å². The summed E-state index contributed by atoms with van der Waals surface area (Å²) in [6, 6.07) is 0.223. The Kier molecular flexibility index (Phi) is 6.56. The summed E-state index contributed by atoms with van der Waals surface area (Å²) in [5, 5.41) is 3.39. The molecule has 1 aliphatic rings. The van der Waals surface area contributed by atoms with Gasteiger partial charge in [0.15, 0.2) is 0 Å². The summed E-state index contributed by atoms with van der Waals surface area (Å²) in [7, 11) is 0. The van der Waals surface area contributed by atoms with Crippen LogP contribution in [0.1, 0.15) is 59.3 Å². The largest absolute Gasteiger partial charge is 0.465 e. The summed E-state index contributed by atoms with van der Waals surface area (Å²) in [6.45, 7) is 6.52. The minimum atomic E-state index is -0.104. The molecule has 0 aromatic rings. The normalized spacial score (nSPS) is 20.0. The van der Waals surface area contributed by atoms with Gasteiger partial charge in [-0.05, 0) is 25.7 Å². The van der Waals surface area contributed by atoms with Crippen molar-refractivity contribution in [1.29, 1.82) is 0 Å². The van der Waals surface area contributed by atoms with E-state index in [1.54, 1.807) is 0 Å². The second-order valence-electron chi connectivity index (χ2n) is 5.30. The Bertz CT molecular complexity index is 220. The van der Waals surface area contributed by atoms with Crippen molar-refractivity contribution in [3.8, 4) is 0 Å². The van der Waals surface area contributed by atoms with Crippen molar-refractivity contribution in [1.82, 2.24) is 5.32 Å². The van der Waals surface area contributed by atoms with Crippen molar-refractivity contribution in [3.05, 3.63) is 0 Å². The van der Waals surface area contributed by atoms with Crippen molar-refractivity contribution in [2.45, 2.75) is 71.4 Å². The van der Waals surface area contributed by atoms with Gasteiger partial charge in [-0.3, -0.25) is 4.79 Å². The minimum absolute atomic E-state index is 0.0619. The van der Waals surface area contributed by atoms with Gasteiger partial charge in [-0.15, -0.1) is 0 Å². The van der Waals surface area contributed by atoms with Crippen LogP contribution in [0.25, 0.3) is 0 Å². The SMILES string of the molecule is CCOC(=O)C(NC(C)C)C1CCCCCC1. The minimum Gasteiger partial charge on any atom is -0.465 e. The van der Waals surface area contributed by atoms with Gasteiger partial charge in [-0.1, -0.05) is 39.5 Å². The first kappa shape index (κ1) is 14.5. The molecule has 1 saturated carbocycles. The Labute approximate surface area is 105 Å². The quantitative estimate of drug-likeness (QED) is 0.594. The molecule has 17 heavy (non-hydrogen) atoms.